The summed E-state index contributed by atoms with van der Waals surface area (Å²) in [6.07, 6.45) is 0.370. The normalized spacial score (nSPS) is 12.6. The molecule has 2 rings (SSSR count). The molecule has 1 aromatic carbocycles. The standard InChI is InChI=1S/C12H10O3/c1-2-9(13)12-7-10(14)8-5-3-4-6-11(8)15-12/h2-7,9,13H,1H2. The van der Waals surface area contributed by atoms with E-state index in [-0.39, 0.29) is 11.2 Å². The number of benzene rings is 1. The first kappa shape index (κ1) is 9.68. The Morgan fingerprint density at radius 2 is 2.13 bits per heavy atom. The molecule has 0 aliphatic carbocycles. The molecule has 3 heteroatoms. The lowest BCUT2D eigenvalue weighted by molar-refractivity contribution is 0.198. The summed E-state index contributed by atoms with van der Waals surface area (Å²) in [5.74, 6) is 0.216. The van der Waals surface area contributed by atoms with E-state index in [2.05, 4.69) is 6.58 Å². The van der Waals surface area contributed by atoms with Crippen LogP contribution < -0.4 is 5.43 Å². The lowest BCUT2D eigenvalue weighted by Gasteiger charge is -2.04. The molecule has 0 saturated heterocycles. The number of hydrogen-bond donors (Lipinski definition) is 1. The van der Waals surface area contributed by atoms with Crippen LogP contribution >= 0.6 is 0 Å². The molecular formula is C12H10O3. The third kappa shape index (κ3) is 1.69. The molecule has 0 spiro atoms. The van der Waals surface area contributed by atoms with Gasteiger partial charge in [0.2, 0.25) is 0 Å². The molecule has 0 fully saturated rings. The molecular weight excluding hydrogens is 192 g/mol. The molecule has 0 aliphatic rings. The lowest BCUT2D eigenvalue weighted by Crippen LogP contribution is -2.04. The fourth-order valence-corrected chi connectivity index (χ4v) is 1.38. The molecule has 3 nitrogen and oxygen atoms in total. The molecule has 1 unspecified atom stereocenters. The second kappa shape index (κ2) is 3.71. The Hall–Kier alpha value is -1.87. The highest BCUT2D eigenvalue weighted by atomic mass is 16.4. The maximum absolute atomic E-state index is 11.6. The topological polar surface area (TPSA) is 50.4 Å². The van der Waals surface area contributed by atoms with Gasteiger partial charge in [0.05, 0.1) is 5.39 Å². The molecule has 0 saturated carbocycles. The molecule has 76 valence electrons. The highest BCUT2D eigenvalue weighted by molar-refractivity contribution is 5.76. The zero-order valence-corrected chi connectivity index (χ0v) is 8.01. The van der Waals surface area contributed by atoms with Gasteiger partial charge in [-0.3, -0.25) is 4.79 Å². The Kier molecular flexibility index (Phi) is 2.39. The van der Waals surface area contributed by atoms with Crippen molar-refractivity contribution in [3.8, 4) is 0 Å². The van der Waals surface area contributed by atoms with Crippen LogP contribution in [0.3, 0.4) is 0 Å². The van der Waals surface area contributed by atoms with E-state index in [0.29, 0.717) is 11.0 Å². The minimum atomic E-state index is -0.942. The van der Waals surface area contributed by atoms with E-state index in [1.807, 2.05) is 0 Å². The third-order valence-corrected chi connectivity index (χ3v) is 2.17. The van der Waals surface area contributed by atoms with Crippen molar-refractivity contribution < 1.29 is 9.52 Å². The highest BCUT2D eigenvalue weighted by Crippen LogP contribution is 2.17. The largest absolute Gasteiger partial charge is 0.458 e. The van der Waals surface area contributed by atoms with Crippen molar-refractivity contribution in [2.45, 2.75) is 6.10 Å². The van der Waals surface area contributed by atoms with Gasteiger partial charge < -0.3 is 9.52 Å². The Balaban J connectivity index is 2.73. The van der Waals surface area contributed by atoms with Gasteiger partial charge in [-0.25, -0.2) is 0 Å². The number of fused-ring (bicyclic) bond motifs is 1. The highest BCUT2D eigenvalue weighted by Gasteiger charge is 2.09. The van der Waals surface area contributed by atoms with Crippen molar-refractivity contribution in [3.63, 3.8) is 0 Å². The minimum Gasteiger partial charge on any atom is -0.458 e. The van der Waals surface area contributed by atoms with E-state index in [1.165, 1.54) is 12.1 Å². The number of aliphatic hydroxyl groups excluding tert-OH is 1. The summed E-state index contributed by atoms with van der Waals surface area (Å²) in [5.41, 5.74) is 0.314. The average molecular weight is 202 g/mol. The maximum Gasteiger partial charge on any atom is 0.193 e. The van der Waals surface area contributed by atoms with Gasteiger partial charge in [-0.15, -0.1) is 6.58 Å². The van der Waals surface area contributed by atoms with Crippen LogP contribution in [0.15, 0.2) is 52.2 Å². The average Bonchev–Trinajstić information content (AvgIpc) is 2.28. The van der Waals surface area contributed by atoms with Gasteiger partial charge in [-0.2, -0.15) is 0 Å². The van der Waals surface area contributed by atoms with Crippen LogP contribution in [0.1, 0.15) is 11.9 Å². The fourth-order valence-electron chi connectivity index (χ4n) is 1.38. The van der Waals surface area contributed by atoms with Crippen molar-refractivity contribution in [1.29, 1.82) is 0 Å². The first-order valence-electron chi connectivity index (χ1n) is 4.56. The SMILES string of the molecule is C=CC(O)c1cc(=O)c2ccccc2o1. The van der Waals surface area contributed by atoms with Crippen molar-refractivity contribution in [3.05, 3.63) is 59.0 Å². The van der Waals surface area contributed by atoms with Gasteiger partial charge in [0.25, 0.3) is 0 Å². The number of hydrogen-bond acceptors (Lipinski definition) is 3. The van der Waals surface area contributed by atoms with E-state index in [9.17, 15) is 9.90 Å². The summed E-state index contributed by atoms with van der Waals surface area (Å²) in [7, 11) is 0. The Morgan fingerprint density at radius 3 is 2.87 bits per heavy atom. The second-order valence-corrected chi connectivity index (χ2v) is 3.19. The van der Waals surface area contributed by atoms with E-state index in [1.54, 1.807) is 24.3 Å². The Labute approximate surface area is 86.3 Å². The molecule has 15 heavy (non-hydrogen) atoms. The summed E-state index contributed by atoms with van der Waals surface area (Å²) in [4.78, 5) is 11.6. The molecule has 1 heterocycles. The molecule has 2 aromatic rings. The second-order valence-electron chi connectivity index (χ2n) is 3.19. The monoisotopic (exact) mass is 202 g/mol. The van der Waals surface area contributed by atoms with Crippen LogP contribution in [0.4, 0.5) is 0 Å². The zero-order chi connectivity index (χ0) is 10.8. The maximum atomic E-state index is 11.6. The Bertz CT molecular complexity index is 554. The van der Waals surface area contributed by atoms with Crippen LogP contribution in [0.25, 0.3) is 11.0 Å². The molecule has 1 N–H and O–H groups in total. The molecule has 0 aliphatic heterocycles. The van der Waals surface area contributed by atoms with E-state index >= 15 is 0 Å². The van der Waals surface area contributed by atoms with E-state index < -0.39 is 6.10 Å². The zero-order valence-electron chi connectivity index (χ0n) is 8.01. The van der Waals surface area contributed by atoms with Crippen LogP contribution in [-0.4, -0.2) is 5.11 Å². The van der Waals surface area contributed by atoms with Crippen molar-refractivity contribution >= 4 is 11.0 Å². The van der Waals surface area contributed by atoms with Gasteiger partial charge in [0.15, 0.2) is 5.43 Å². The molecule has 1 atom stereocenters. The van der Waals surface area contributed by atoms with Crippen LogP contribution in [0.2, 0.25) is 0 Å². The predicted molar refractivity (Wildman–Crippen MR) is 57.6 cm³/mol. The quantitative estimate of drug-likeness (QED) is 0.758. The molecule has 0 amide bonds. The number of para-hydroxylation sites is 1. The third-order valence-electron chi connectivity index (χ3n) is 2.17. The lowest BCUT2D eigenvalue weighted by atomic mass is 10.2. The summed E-state index contributed by atoms with van der Waals surface area (Å²) < 4.78 is 5.37. The van der Waals surface area contributed by atoms with E-state index in [0.717, 1.165) is 0 Å². The van der Waals surface area contributed by atoms with Gasteiger partial charge in [-0.05, 0) is 12.1 Å². The first-order chi connectivity index (χ1) is 7.22. The summed E-state index contributed by atoms with van der Waals surface area (Å²) in [5, 5.41) is 9.97. The predicted octanol–water partition coefficient (Wildman–Crippen LogP) is 2.01. The van der Waals surface area contributed by atoms with Gasteiger partial charge >= 0.3 is 0 Å². The summed E-state index contributed by atoms with van der Waals surface area (Å²) >= 11 is 0. The smallest absolute Gasteiger partial charge is 0.193 e. The molecule has 1 aromatic heterocycles. The van der Waals surface area contributed by atoms with Crippen molar-refractivity contribution in [1.82, 2.24) is 0 Å². The van der Waals surface area contributed by atoms with Gasteiger partial charge in [-0.1, -0.05) is 18.2 Å². The number of aliphatic hydroxyl groups is 1. The van der Waals surface area contributed by atoms with Gasteiger partial charge in [0.1, 0.15) is 17.4 Å². The Morgan fingerprint density at radius 1 is 1.40 bits per heavy atom. The van der Waals surface area contributed by atoms with Crippen LogP contribution in [0, 0.1) is 0 Å². The number of rotatable bonds is 2. The van der Waals surface area contributed by atoms with Gasteiger partial charge in [0, 0.05) is 6.07 Å². The summed E-state index contributed by atoms with van der Waals surface area (Å²) in [6, 6.07) is 8.20. The molecule has 0 bridgehead atoms. The van der Waals surface area contributed by atoms with Crippen molar-refractivity contribution in [2.24, 2.45) is 0 Å². The van der Waals surface area contributed by atoms with Crippen LogP contribution in [-0.2, 0) is 0 Å². The summed E-state index contributed by atoms with van der Waals surface area (Å²) in [6.45, 7) is 3.43. The minimum absolute atomic E-state index is 0.159. The van der Waals surface area contributed by atoms with Crippen LogP contribution in [0.5, 0.6) is 0 Å². The fraction of sp³-hybridized carbons (Fsp3) is 0.0833. The van der Waals surface area contributed by atoms with E-state index in [4.69, 9.17) is 4.42 Å². The molecule has 0 radical (unpaired) electrons. The first-order valence-corrected chi connectivity index (χ1v) is 4.56. The van der Waals surface area contributed by atoms with Crippen molar-refractivity contribution in [2.75, 3.05) is 0 Å².